The van der Waals surface area contributed by atoms with Gasteiger partial charge in [0.2, 0.25) is 0 Å². The van der Waals surface area contributed by atoms with Gasteiger partial charge in [0, 0.05) is 13.1 Å². The number of thiazole rings is 1. The number of ether oxygens (including phenoxy) is 2. The molecule has 3 rings (SSSR count). The fraction of sp³-hybridized carbons (Fsp3) is 0.263. The number of aryl methyl sites for hydroxylation is 3. The van der Waals surface area contributed by atoms with E-state index in [0.29, 0.717) is 21.9 Å². The number of nitrogens with zero attached hydrogens (tertiary/aromatic N) is 2. The number of aromatic nitrogens is 1. The summed E-state index contributed by atoms with van der Waals surface area (Å²) in [7, 11) is 5.03. The summed E-state index contributed by atoms with van der Waals surface area (Å²) in [6, 6.07) is 9.24. The molecule has 2 aromatic carbocycles. The van der Waals surface area contributed by atoms with Crippen molar-refractivity contribution in [1.29, 1.82) is 0 Å². The lowest BCUT2D eigenvalue weighted by Crippen LogP contribution is -2.14. The highest BCUT2D eigenvalue weighted by atomic mass is 32.1. The zero-order chi connectivity index (χ0) is 18.1. The Morgan fingerprint density at radius 1 is 1.12 bits per heavy atom. The minimum Gasteiger partial charge on any atom is -0.497 e. The maximum Gasteiger partial charge on any atom is 0.283 e. The molecule has 25 heavy (non-hydrogen) atoms. The Morgan fingerprint density at radius 3 is 2.56 bits per heavy atom. The topological polar surface area (TPSA) is 52.8 Å². The Kier molecular flexibility index (Phi) is 4.63. The van der Waals surface area contributed by atoms with Crippen LogP contribution in [0.4, 0.5) is 0 Å². The lowest BCUT2D eigenvalue weighted by molar-refractivity contribution is 0.0995. The van der Waals surface area contributed by atoms with E-state index >= 15 is 0 Å². The van der Waals surface area contributed by atoms with Crippen molar-refractivity contribution < 1.29 is 14.3 Å². The molecule has 6 heteroatoms. The average Bonchev–Trinajstić information content (AvgIpc) is 2.93. The first kappa shape index (κ1) is 17.2. The summed E-state index contributed by atoms with van der Waals surface area (Å²) in [6.45, 7) is 4.17. The molecule has 0 N–H and O–H groups in total. The Labute approximate surface area is 150 Å². The summed E-state index contributed by atoms with van der Waals surface area (Å²) < 4.78 is 13.6. The van der Waals surface area contributed by atoms with Gasteiger partial charge in [-0.25, -0.2) is 0 Å². The van der Waals surface area contributed by atoms with Gasteiger partial charge in [0.15, 0.2) is 4.80 Å². The zero-order valence-corrected chi connectivity index (χ0v) is 15.7. The quantitative estimate of drug-likeness (QED) is 0.720. The summed E-state index contributed by atoms with van der Waals surface area (Å²) in [5, 5.41) is 0. The van der Waals surface area contributed by atoms with Crippen molar-refractivity contribution in [3.63, 3.8) is 0 Å². The maximum atomic E-state index is 12.7. The molecule has 0 radical (unpaired) electrons. The van der Waals surface area contributed by atoms with E-state index in [9.17, 15) is 4.79 Å². The minimum atomic E-state index is -0.337. The fourth-order valence-electron chi connectivity index (χ4n) is 2.76. The van der Waals surface area contributed by atoms with Crippen LogP contribution in [0.15, 0.2) is 35.3 Å². The first-order chi connectivity index (χ1) is 12.0. The molecular weight excluding hydrogens is 336 g/mol. The van der Waals surface area contributed by atoms with Crippen molar-refractivity contribution in [2.45, 2.75) is 13.8 Å². The fourth-order valence-corrected chi connectivity index (χ4v) is 3.83. The molecule has 5 nitrogen and oxygen atoms in total. The van der Waals surface area contributed by atoms with Crippen LogP contribution in [0.3, 0.4) is 0 Å². The Hall–Kier alpha value is -2.60. The third-order valence-corrected chi connectivity index (χ3v) is 5.42. The van der Waals surface area contributed by atoms with Crippen molar-refractivity contribution in [2.75, 3.05) is 14.2 Å². The molecule has 0 aliphatic carbocycles. The third kappa shape index (κ3) is 3.05. The lowest BCUT2D eigenvalue weighted by Gasteiger charge is -2.07. The average molecular weight is 356 g/mol. The number of amides is 1. The van der Waals surface area contributed by atoms with Crippen molar-refractivity contribution in [3.05, 3.63) is 51.8 Å². The Morgan fingerprint density at radius 2 is 1.88 bits per heavy atom. The molecule has 1 aromatic heterocycles. The number of benzene rings is 2. The highest BCUT2D eigenvalue weighted by molar-refractivity contribution is 7.16. The monoisotopic (exact) mass is 356 g/mol. The third-order valence-electron chi connectivity index (χ3n) is 4.32. The van der Waals surface area contributed by atoms with Crippen LogP contribution in [0, 0.1) is 13.8 Å². The highest BCUT2D eigenvalue weighted by Gasteiger charge is 2.14. The van der Waals surface area contributed by atoms with Crippen molar-refractivity contribution in [2.24, 2.45) is 12.0 Å². The molecule has 3 aromatic rings. The zero-order valence-electron chi connectivity index (χ0n) is 14.9. The van der Waals surface area contributed by atoms with Crippen molar-refractivity contribution in [3.8, 4) is 11.5 Å². The van der Waals surface area contributed by atoms with E-state index < -0.39 is 0 Å². The number of hydrogen-bond acceptors (Lipinski definition) is 4. The summed E-state index contributed by atoms with van der Waals surface area (Å²) in [6.07, 6.45) is 0. The van der Waals surface area contributed by atoms with Crippen LogP contribution in [0.2, 0.25) is 0 Å². The number of carbonyl (C=O) groups excluding carboxylic acids is 1. The molecule has 0 saturated heterocycles. The van der Waals surface area contributed by atoms with Crippen LogP contribution in [0.1, 0.15) is 21.5 Å². The van der Waals surface area contributed by atoms with Gasteiger partial charge < -0.3 is 14.0 Å². The Balaban J connectivity index is 2.13. The van der Waals surface area contributed by atoms with Crippen LogP contribution in [-0.4, -0.2) is 24.7 Å². The molecule has 130 valence electrons. The first-order valence-corrected chi connectivity index (χ1v) is 8.64. The molecule has 0 unspecified atom stereocenters. The molecule has 0 spiro atoms. The second-order valence-corrected chi connectivity index (χ2v) is 6.79. The van der Waals surface area contributed by atoms with Crippen LogP contribution in [0.5, 0.6) is 11.5 Å². The van der Waals surface area contributed by atoms with Gasteiger partial charge in [0.25, 0.3) is 5.91 Å². The maximum absolute atomic E-state index is 12.7. The van der Waals surface area contributed by atoms with Crippen LogP contribution < -0.4 is 14.3 Å². The van der Waals surface area contributed by atoms with Gasteiger partial charge in [-0.2, -0.15) is 4.99 Å². The van der Waals surface area contributed by atoms with Crippen LogP contribution in [-0.2, 0) is 7.05 Å². The van der Waals surface area contributed by atoms with Crippen LogP contribution in [0.25, 0.3) is 10.2 Å². The predicted molar refractivity (Wildman–Crippen MR) is 99.7 cm³/mol. The normalized spacial score (nSPS) is 11.8. The SMILES string of the molecule is COc1ccc(C(=O)N=c2sc3ccc(C)c(C)c3n2C)c(OC)c1. The largest absolute Gasteiger partial charge is 0.497 e. The minimum absolute atomic E-state index is 0.337. The molecule has 0 aliphatic heterocycles. The van der Waals surface area contributed by atoms with E-state index in [1.54, 1.807) is 25.3 Å². The second-order valence-electron chi connectivity index (χ2n) is 5.78. The molecule has 1 amide bonds. The number of rotatable bonds is 3. The van der Waals surface area contributed by atoms with Gasteiger partial charge in [-0.05, 0) is 43.2 Å². The van der Waals surface area contributed by atoms with Gasteiger partial charge in [-0.15, -0.1) is 0 Å². The first-order valence-electron chi connectivity index (χ1n) is 7.83. The molecule has 1 heterocycles. The summed E-state index contributed by atoms with van der Waals surface area (Å²) in [5.74, 6) is 0.742. The van der Waals surface area contributed by atoms with E-state index in [1.165, 1.54) is 29.6 Å². The lowest BCUT2D eigenvalue weighted by atomic mass is 10.1. The van der Waals surface area contributed by atoms with E-state index in [2.05, 4.69) is 31.0 Å². The van der Waals surface area contributed by atoms with Gasteiger partial charge in [0.05, 0.1) is 30.0 Å². The van der Waals surface area contributed by atoms with Crippen LogP contribution >= 0.6 is 11.3 Å². The van der Waals surface area contributed by atoms with Gasteiger partial charge in [-0.3, -0.25) is 4.79 Å². The number of hydrogen-bond donors (Lipinski definition) is 0. The molecule has 0 bridgehead atoms. The highest BCUT2D eigenvalue weighted by Crippen LogP contribution is 2.26. The van der Waals surface area contributed by atoms with Gasteiger partial charge >= 0.3 is 0 Å². The second kappa shape index (κ2) is 6.72. The smallest absolute Gasteiger partial charge is 0.283 e. The molecule has 0 aliphatic rings. The van der Waals surface area contributed by atoms with E-state index in [4.69, 9.17) is 9.47 Å². The summed E-state index contributed by atoms with van der Waals surface area (Å²) in [5.41, 5.74) is 3.94. The van der Waals surface area contributed by atoms with Crippen molar-refractivity contribution >= 4 is 27.5 Å². The number of carbonyl (C=O) groups is 1. The molecule has 0 saturated carbocycles. The van der Waals surface area contributed by atoms with Crippen molar-refractivity contribution in [1.82, 2.24) is 4.57 Å². The van der Waals surface area contributed by atoms with Gasteiger partial charge in [0.1, 0.15) is 11.5 Å². The molecule has 0 fully saturated rings. The van der Waals surface area contributed by atoms with E-state index in [-0.39, 0.29) is 5.91 Å². The Bertz CT molecular complexity index is 1030. The number of fused-ring (bicyclic) bond motifs is 1. The molecule has 0 atom stereocenters. The van der Waals surface area contributed by atoms with Gasteiger partial charge in [-0.1, -0.05) is 17.4 Å². The van der Waals surface area contributed by atoms with E-state index in [0.717, 1.165) is 10.2 Å². The number of methoxy groups -OCH3 is 2. The van der Waals surface area contributed by atoms with E-state index in [1.807, 2.05) is 11.6 Å². The standard InChI is InChI=1S/C19H20N2O3S/c1-11-6-9-16-17(12(11)2)21(3)19(25-16)20-18(22)14-8-7-13(23-4)10-15(14)24-5/h6-10H,1-5H3. The predicted octanol–water partition coefficient (Wildman–Crippen LogP) is 3.61. The molecular formula is C19H20N2O3S. The summed E-state index contributed by atoms with van der Waals surface area (Å²) >= 11 is 1.50. The summed E-state index contributed by atoms with van der Waals surface area (Å²) in [4.78, 5) is 17.7.